The minimum atomic E-state index is -0.340. The van der Waals surface area contributed by atoms with Crippen LogP contribution in [0.1, 0.15) is 23.0 Å². The van der Waals surface area contributed by atoms with Gasteiger partial charge in [-0.2, -0.15) is 5.10 Å². The fourth-order valence-electron chi connectivity index (χ4n) is 1.02. The maximum Gasteiger partial charge on any atom is 0.341 e. The summed E-state index contributed by atoms with van der Waals surface area (Å²) in [4.78, 5) is 11.3. The molecule has 0 saturated heterocycles. The van der Waals surface area contributed by atoms with Crippen molar-refractivity contribution in [3.8, 4) is 0 Å². The molecule has 0 spiro atoms. The smallest absolute Gasteiger partial charge is 0.341 e. The Balaban J connectivity index is 2.95. The number of carbonyl (C=O) groups is 1. The highest BCUT2D eigenvalue weighted by molar-refractivity contribution is 5.90. The molecule has 4 heteroatoms. The van der Waals surface area contributed by atoms with Crippen molar-refractivity contribution in [2.24, 2.45) is 0 Å². The van der Waals surface area contributed by atoms with Crippen molar-refractivity contribution >= 4 is 12.2 Å². The monoisotopic (exact) mass is 180 g/mol. The van der Waals surface area contributed by atoms with Crippen LogP contribution in [0.2, 0.25) is 0 Å². The number of nitrogens with zero attached hydrogens (tertiary/aromatic N) is 2. The highest BCUT2D eigenvalue weighted by Gasteiger charge is 2.13. The predicted octanol–water partition coefficient (Wildman–Crippen LogP) is 1.47. The number of esters is 1. The van der Waals surface area contributed by atoms with Gasteiger partial charge in [-0.1, -0.05) is 6.58 Å². The van der Waals surface area contributed by atoms with Crippen molar-refractivity contribution < 1.29 is 9.53 Å². The van der Waals surface area contributed by atoms with Crippen molar-refractivity contribution in [1.29, 1.82) is 0 Å². The van der Waals surface area contributed by atoms with Gasteiger partial charge in [0.1, 0.15) is 5.56 Å². The van der Waals surface area contributed by atoms with Gasteiger partial charge in [0.2, 0.25) is 0 Å². The molecule has 1 heterocycles. The second-order valence-corrected chi connectivity index (χ2v) is 2.49. The standard InChI is InChI=1S/C9H12N2O2/c1-4-11-7(3)8(6-10-11)9(12)13-5-2/h4,6H,1,5H2,2-3H3. The molecule has 0 bridgehead atoms. The molecule has 0 aromatic carbocycles. The summed E-state index contributed by atoms with van der Waals surface area (Å²) in [6, 6.07) is 0. The van der Waals surface area contributed by atoms with E-state index in [0.717, 1.165) is 5.69 Å². The van der Waals surface area contributed by atoms with E-state index in [-0.39, 0.29) is 5.97 Å². The molecule has 0 aliphatic carbocycles. The minimum absolute atomic E-state index is 0.340. The second-order valence-electron chi connectivity index (χ2n) is 2.49. The number of carbonyl (C=O) groups excluding carboxylic acids is 1. The lowest BCUT2D eigenvalue weighted by molar-refractivity contribution is 0.0525. The fourth-order valence-corrected chi connectivity index (χ4v) is 1.02. The Morgan fingerprint density at radius 2 is 2.54 bits per heavy atom. The van der Waals surface area contributed by atoms with Crippen LogP contribution in [-0.2, 0) is 4.74 Å². The molecule has 0 aliphatic heterocycles. The molecule has 0 atom stereocenters. The number of ether oxygens (including phenoxy) is 1. The van der Waals surface area contributed by atoms with Gasteiger partial charge in [0.25, 0.3) is 0 Å². The van der Waals surface area contributed by atoms with Gasteiger partial charge in [0.05, 0.1) is 18.5 Å². The molecule has 1 aromatic rings. The van der Waals surface area contributed by atoms with Crippen molar-refractivity contribution in [3.63, 3.8) is 0 Å². The SMILES string of the molecule is C=Cn1ncc(C(=O)OCC)c1C. The Morgan fingerprint density at radius 3 is 3.00 bits per heavy atom. The molecule has 4 nitrogen and oxygen atoms in total. The maximum atomic E-state index is 11.3. The minimum Gasteiger partial charge on any atom is -0.462 e. The molecule has 0 aliphatic rings. The van der Waals surface area contributed by atoms with Crippen LogP contribution in [0.4, 0.5) is 0 Å². The highest BCUT2D eigenvalue weighted by atomic mass is 16.5. The van der Waals surface area contributed by atoms with Crippen molar-refractivity contribution in [1.82, 2.24) is 9.78 Å². The number of hydrogen-bond donors (Lipinski definition) is 0. The summed E-state index contributed by atoms with van der Waals surface area (Å²) in [7, 11) is 0. The lowest BCUT2D eigenvalue weighted by Gasteiger charge is -2.00. The lowest BCUT2D eigenvalue weighted by atomic mass is 10.3. The summed E-state index contributed by atoms with van der Waals surface area (Å²) in [5.41, 5.74) is 1.23. The van der Waals surface area contributed by atoms with Crippen LogP contribution in [-0.4, -0.2) is 22.4 Å². The lowest BCUT2D eigenvalue weighted by Crippen LogP contribution is -2.05. The van der Waals surface area contributed by atoms with E-state index in [1.54, 1.807) is 13.8 Å². The summed E-state index contributed by atoms with van der Waals surface area (Å²) in [6.45, 7) is 7.49. The van der Waals surface area contributed by atoms with Gasteiger partial charge in [-0.25, -0.2) is 9.48 Å². The third-order valence-electron chi connectivity index (χ3n) is 1.71. The number of rotatable bonds is 3. The molecule has 0 saturated carbocycles. The van der Waals surface area contributed by atoms with Crippen molar-refractivity contribution in [3.05, 3.63) is 24.0 Å². The molecule has 0 amide bonds. The summed E-state index contributed by atoms with van der Waals surface area (Å²) in [5.74, 6) is -0.340. The summed E-state index contributed by atoms with van der Waals surface area (Å²) < 4.78 is 6.37. The van der Waals surface area contributed by atoms with Gasteiger partial charge in [-0.3, -0.25) is 0 Å². The van der Waals surface area contributed by atoms with E-state index >= 15 is 0 Å². The zero-order valence-electron chi connectivity index (χ0n) is 7.78. The van der Waals surface area contributed by atoms with Crippen LogP contribution in [0.5, 0.6) is 0 Å². The van der Waals surface area contributed by atoms with E-state index in [4.69, 9.17) is 4.74 Å². The average molecular weight is 180 g/mol. The van der Waals surface area contributed by atoms with Crippen LogP contribution < -0.4 is 0 Å². The molecular formula is C9H12N2O2. The molecule has 0 unspecified atom stereocenters. The number of hydrogen-bond acceptors (Lipinski definition) is 3. The van der Waals surface area contributed by atoms with E-state index in [9.17, 15) is 4.79 Å². The zero-order chi connectivity index (χ0) is 9.84. The Hall–Kier alpha value is -1.58. The average Bonchev–Trinajstić information content (AvgIpc) is 2.47. The molecule has 1 rings (SSSR count). The van der Waals surface area contributed by atoms with Gasteiger partial charge < -0.3 is 4.74 Å². The molecular weight excluding hydrogens is 168 g/mol. The first-order valence-corrected chi connectivity index (χ1v) is 4.04. The summed E-state index contributed by atoms with van der Waals surface area (Å²) >= 11 is 0. The van der Waals surface area contributed by atoms with E-state index < -0.39 is 0 Å². The molecule has 0 N–H and O–H groups in total. The Kier molecular flexibility index (Phi) is 2.84. The quantitative estimate of drug-likeness (QED) is 0.661. The zero-order valence-corrected chi connectivity index (χ0v) is 7.78. The van der Waals surface area contributed by atoms with Gasteiger partial charge >= 0.3 is 5.97 Å². The Bertz CT molecular complexity index is 328. The molecule has 70 valence electrons. The van der Waals surface area contributed by atoms with Crippen LogP contribution in [0, 0.1) is 6.92 Å². The first-order chi connectivity index (χ1) is 6.20. The maximum absolute atomic E-state index is 11.3. The van der Waals surface area contributed by atoms with Crippen LogP contribution >= 0.6 is 0 Å². The Morgan fingerprint density at radius 1 is 1.85 bits per heavy atom. The third-order valence-corrected chi connectivity index (χ3v) is 1.71. The molecule has 0 fully saturated rings. The van der Waals surface area contributed by atoms with Gasteiger partial charge in [0.15, 0.2) is 0 Å². The van der Waals surface area contributed by atoms with Gasteiger partial charge in [-0.15, -0.1) is 0 Å². The van der Waals surface area contributed by atoms with E-state index in [0.29, 0.717) is 12.2 Å². The number of aromatic nitrogens is 2. The first-order valence-electron chi connectivity index (χ1n) is 4.04. The van der Waals surface area contributed by atoms with Crippen LogP contribution in [0.15, 0.2) is 12.8 Å². The first kappa shape index (κ1) is 9.51. The molecule has 1 aromatic heterocycles. The topological polar surface area (TPSA) is 44.1 Å². The van der Waals surface area contributed by atoms with Crippen LogP contribution in [0.25, 0.3) is 6.20 Å². The molecule has 13 heavy (non-hydrogen) atoms. The normalized spacial score (nSPS) is 9.69. The molecule has 0 radical (unpaired) electrons. The van der Waals surface area contributed by atoms with Crippen molar-refractivity contribution in [2.45, 2.75) is 13.8 Å². The van der Waals surface area contributed by atoms with Crippen LogP contribution in [0.3, 0.4) is 0 Å². The second kappa shape index (κ2) is 3.89. The predicted molar refractivity (Wildman–Crippen MR) is 49.3 cm³/mol. The van der Waals surface area contributed by atoms with E-state index in [1.165, 1.54) is 17.1 Å². The van der Waals surface area contributed by atoms with E-state index in [1.807, 2.05) is 0 Å². The fraction of sp³-hybridized carbons (Fsp3) is 0.333. The largest absolute Gasteiger partial charge is 0.462 e. The Labute approximate surface area is 76.8 Å². The highest BCUT2D eigenvalue weighted by Crippen LogP contribution is 2.08. The van der Waals surface area contributed by atoms with E-state index in [2.05, 4.69) is 11.7 Å². The van der Waals surface area contributed by atoms with Gasteiger partial charge in [-0.05, 0) is 13.8 Å². The summed E-state index contributed by atoms with van der Waals surface area (Å²) in [6.07, 6.45) is 3.02. The van der Waals surface area contributed by atoms with Crippen molar-refractivity contribution in [2.75, 3.05) is 6.61 Å². The third kappa shape index (κ3) is 1.77. The summed E-state index contributed by atoms with van der Waals surface area (Å²) in [5, 5.41) is 3.94. The van der Waals surface area contributed by atoms with Gasteiger partial charge in [0, 0.05) is 6.20 Å².